The molecule has 2 aromatic rings. The zero-order valence-electron chi connectivity index (χ0n) is 12.2. The summed E-state index contributed by atoms with van der Waals surface area (Å²) in [7, 11) is 0. The lowest BCUT2D eigenvalue weighted by Crippen LogP contribution is -2.11. The van der Waals surface area contributed by atoms with Crippen LogP contribution in [0.25, 0.3) is 0 Å². The van der Waals surface area contributed by atoms with E-state index in [9.17, 15) is 0 Å². The second-order valence-corrected chi connectivity index (χ2v) is 5.00. The number of hydrogen-bond donors (Lipinski definition) is 2. The van der Waals surface area contributed by atoms with Crippen molar-refractivity contribution in [2.24, 2.45) is 0 Å². The van der Waals surface area contributed by atoms with Crippen LogP contribution in [-0.2, 0) is 12.8 Å². The third kappa shape index (κ3) is 3.70. The quantitative estimate of drug-likeness (QED) is 0.847. The Bertz CT molecular complexity index is 566. The van der Waals surface area contributed by atoms with Gasteiger partial charge in [0, 0.05) is 12.1 Å². The van der Waals surface area contributed by atoms with Gasteiger partial charge >= 0.3 is 0 Å². The monoisotopic (exact) mass is 270 g/mol. The van der Waals surface area contributed by atoms with Crippen molar-refractivity contribution in [2.45, 2.75) is 33.1 Å². The van der Waals surface area contributed by atoms with Crippen LogP contribution in [0.3, 0.4) is 0 Å². The molecule has 4 nitrogen and oxygen atoms in total. The molecule has 2 rings (SSSR count). The lowest BCUT2D eigenvalue weighted by Gasteiger charge is -2.12. The standard InChI is InChI=1S/C16H22N4/c1-3-5-14-15(17)19-11-20-16(14)18-9-8-13-7-4-6-12(2)10-13/h4,6-7,10-11H,3,5,8-9H2,1-2H3,(H3,17,18,19,20). The first-order valence-electron chi connectivity index (χ1n) is 7.09. The van der Waals surface area contributed by atoms with Gasteiger partial charge in [0.15, 0.2) is 0 Å². The first kappa shape index (κ1) is 14.3. The third-order valence-corrected chi connectivity index (χ3v) is 3.27. The van der Waals surface area contributed by atoms with Gasteiger partial charge in [-0.25, -0.2) is 9.97 Å². The number of aryl methyl sites for hydroxylation is 1. The summed E-state index contributed by atoms with van der Waals surface area (Å²) in [5, 5.41) is 3.38. The highest BCUT2D eigenvalue weighted by molar-refractivity contribution is 5.55. The Labute approximate surface area is 120 Å². The Kier molecular flexibility index (Phi) is 4.93. The van der Waals surface area contributed by atoms with Gasteiger partial charge in [-0.2, -0.15) is 0 Å². The van der Waals surface area contributed by atoms with Gasteiger partial charge in [-0.05, 0) is 25.3 Å². The summed E-state index contributed by atoms with van der Waals surface area (Å²) in [4.78, 5) is 8.37. The Morgan fingerprint density at radius 3 is 2.80 bits per heavy atom. The van der Waals surface area contributed by atoms with Crippen molar-refractivity contribution in [1.82, 2.24) is 9.97 Å². The number of anilines is 2. The molecule has 0 unspecified atom stereocenters. The van der Waals surface area contributed by atoms with Crippen LogP contribution in [0.15, 0.2) is 30.6 Å². The molecule has 0 spiro atoms. The van der Waals surface area contributed by atoms with Crippen molar-refractivity contribution in [1.29, 1.82) is 0 Å². The summed E-state index contributed by atoms with van der Waals surface area (Å²) in [5.74, 6) is 1.45. The van der Waals surface area contributed by atoms with Crippen molar-refractivity contribution in [3.63, 3.8) is 0 Å². The van der Waals surface area contributed by atoms with Crippen molar-refractivity contribution in [3.8, 4) is 0 Å². The molecule has 106 valence electrons. The van der Waals surface area contributed by atoms with Crippen LogP contribution in [0.4, 0.5) is 11.6 Å². The van der Waals surface area contributed by atoms with Gasteiger partial charge in [0.1, 0.15) is 18.0 Å². The maximum Gasteiger partial charge on any atom is 0.134 e. The Hall–Kier alpha value is -2.10. The number of aromatic nitrogens is 2. The number of hydrogen-bond acceptors (Lipinski definition) is 4. The highest BCUT2D eigenvalue weighted by Gasteiger charge is 2.07. The molecular formula is C16H22N4. The molecule has 0 aliphatic carbocycles. The van der Waals surface area contributed by atoms with Crippen LogP contribution < -0.4 is 11.1 Å². The number of nitrogens with zero attached hydrogens (tertiary/aromatic N) is 2. The van der Waals surface area contributed by atoms with Crippen molar-refractivity contribution in [2.75, 3.05) is 17.6 Å². The van der Waals surface area contributed by atoms with Gasteiger partial charge in [0.2, 0.25) is 0 Å². The summed E-state index contributed by atoms with van der Waals surface area (Å²) in [5.41, 5.74) is 9.57. The Balaban J connectivity index is 1.99. The largest absolute Gasteiger partial charge is 0.383 e. The fourth-order valence-corrected chi connectivity index (χ4v) is 2.27. The fourth-order valence-electron chi connectivity index (χ4n) is 2.27. The predicted molar refractivity (Wildman–Crippen MR) is 83.8 cm³/mol. The first-order valence-corrected chi connectivity index (χ1v) is 7.09. The highest BCUT2D eigenvalue weighted by Crippen LogP contribution is 2.19. The van der Waals surface area contributed by atoms with Crippen LogP contribution in [-0.4, -0.2) is 16.5 Å². The lowest BCUT2D eigenvalue weighted by molar-refractivity contribution is 0.897. The molecule has 1 aromatic heterocycles. The zero-order chi connectivity index (χ0) is 14.4. The molecule has 1 heterocycles. The number of rotatable bonds is 6. The summed E-state index contributed by atoms with van der Waals surface area (Å²) < 4.78 is 0. The minimum absolute atomic E-state index is 0.583. The molecule has 0 saturated carbocycles. The van der Waals surface area contributed by atoms with Crippen molar-refractivity contribution >= 4 is 11.6 Å². The summed E-state index contributed by atoms with van der Waals surface area (Å²) in [6, 6.07) is 8.57. The highest BCUT2D eigenvalue weighted by atomic mass is 15.0. The van der Waals surface area contributed by atoms with E-state index in [4.69, 9.17) is 5.73 Å². The van der Waals surface area contributed by atoms with Gasteiger partial charge in [0.25, 0.3) is 0 Å². The van der Waals surface area contributed by atoms with Crippen molar-refractivity contribution in [3.05, 3.63) is 47.3 Å². The number of nitrogens with one attached hydrogen (secondary N) is 1. The average molecular weight is 270 g/mol. The molecule has 1 aromatic carbocycles. The fraction of sp³-hybridized carbons (Fsp3) is 0.375. The summed E-state index contributed by atoms with van der Waals surface area (Å²) >= 11 is 0. The van der Waals surface area contributed by atoms with Crippen LogP contribution in [0.2, 0.25) is 0 Å². The third-order valence-electron chi connectivity index (χ3n) is 3.27. The summed E-state index contributed by atoms with van der Waals surface area (Å²) in [6.07, 6.45) is 4.42. The molecule has 0 aliphatic rings. The molecule has 0 aliphatic heterocycles. The van der Waals surface area contributed by atoms with Gasteiger partial charge in [-0.1, -0.05) is 43.2 Å². The maximum atomic E-state index is 5.92. The van der Waals surface area contributed by atoms with E-state index in [1.165, 1.54) is 17.5 Å². The van der Waals surface area contributed by atoms with Crippen LogP contribution in [0.5, 0.6) is 0 Å². The van der Waals surface area contributed by atoms with Gasteiger partial charge < -0.3 is 11.1 Å². The maximum absolute atomic E-state index is 5.92. The van der Waals surface area contributed by atoms with Crippen molar-refractivity contribution < 1.29 is 0 Å². The predicted octanol–water partition coefficient (Wildman–Crippen LogP) is 2.97. The minimum Gasteiger partial charge on any atom is -0.383 e. The molecule has 0 atom stereocenters. The molecule has 0 amide bonds. The van der Waals surface area contributed by atoms with Gasteiger partial charge in [0.05, 0.1) is 0 Å². The second kappa shape index (κ2) is 6.89. The molecular weight excluding hydrogens is 248 g/mol. The topological polar surface area (TPSA) is 63.8 Å². The Morgan fingerprint density at radius 1 is 1.20 bits per heavy atom. The molecule has 0 saturated heterocycles. The van der Waals surface area contributed by atoms with Gasteiger partial charge in [-0.15, -0.1) is 0 Å². The number of nitrogen functional groups attached to an aromatic ring is 1. The van der Waals surface area contributed by atoms with E-state index in [-0.39, 0.29) is 0 Å². The Morgan fingerprint density at radius 2 is 2.05 bits per heavy atom. The van der Waals surface area contributed by atoms with Crippen LogP contribution >= 0.6 is 0 Å². The van der Waals surface area contributed by atoms with E-state index in [0.717, 1.165) is 37.2 Å². The van der Waals surface area contributed by atoms with E-state index in [1.807, 2.05) is 0 Å². The first-order chi connectivity index (χ1) is 9.70. The zero-order valence-corrected chi connectivity index (χ0v) is 12.2. The normalized spacial score (nSPS) is 10.5. The van der Waals surface area contributed by atoms with E-state index in [0.29, 0.717) is 5.82 Å². The molecule has 0 bridgehead atoms. The minimum atomic E-state index is 0.583. The van der Waals surface area contributed by atoms with E-state index >= 15 is 0 Å². The number of benzene rings is 1. The van der Waals surface area contributed by atoms with Gasteiger partial charge in [-0.3, -0.25) is 0 Å². The van der Waals surface area contributed by atoms with Crippen LogP contribution in [0, 0.1) is 6.92 Å². The smallest absolute Gasteiger partial charge is 0.134 e. The molecule has 3 N–H and O–H groups in total. The SMILES string of the molecule is CCCc1c(N)ncnc1NCCc1cccc(C)c1. The van der Waals surface area contributed by atoms with E-state index in [1.54, 1.807) is 0 Å². The summed E-state index contributed by atoms with van der Waals surface area (Å²) in [6.45, 7) is 5.08. The number of nitrogens with two attached hydrogens (primary N) is 1. The lowest BCUT2D eigenvalue weighted by atomic mass is 10.1. The van der Waals surface area contributed by atoms with E-state index in [2.05, 4.69) is 53.4 Å². The second-order valence-electron chi connectivity index (χ2n) is 5.00. The molecule has 0 radical (unpaired) electrons. The van der Waals surface area contributed by atoms with Crippen LogP contribution in [0.1, 0.15) is 30.0 Å². The molecule has 0 fully saturated rings. The average Bonchev–Trinajstić information content (AvgIpc) is 2.42. The molecule has 4 heteroatoms. The van der Waals surface area contributed by atoms with E-state index < -0.39 is 0 Å². The molecule has 20 heavy (non-hydrogen) atoms.